The highest BCUT2D eigenvalue weighted by Gasteiger charge is 2.43. The van der Waals surface area contributed by atoms with Crippen molar-refractivity contribution in [2.24, 2.45) is 11.8 Å². The van der Waals surface area contributed by atoms with Crippen molar-refractivity contribution < 1.29 is 22.4 Å². The molecule has 0 spiro atoms. The fourth-order valence-electron chi connectivity index (χ4n) is 3.73. The van der Waals surface area contributed by atoms with Gasteiger partial charge in [-0.2, -0.15) is 0 Å². The van der Waals surface area contributed by atoms with Gasteiger partial charge in [0, 0.05) is 12.1 Å². The molecule has 0 saturated carbocycles. The molecular weight excluding hydrogens is 456 g/mol. The third-order valence-electron chi connectivity index (χ3n) is 6.18. The maximum Gasteiger partial charge on any atom is 0.301 e. The van der Waals surface area contributed by atoms with Gasteiger partial charge in [0.2, 0.25) is 0 Å². The predicted molar refractivity (Wildman–Crippen MR) is 131 cm³/mol. The van der Waals surface area contributed by atoms with Crippen LogP contribution in [0.1, 0.15) is 44.2 Å². The lowest BCUT2D eigenvalue weighted by Gasteiger charge is -2.31. The van der Waals surface area contributed by atoms with Crippen LogP contribution in [0.15, 0.2) is 53.8 Å². The summed E-state index contributed by atoms with van der Waals surface area (Å²) < 4.78 is 33.7. The van der Waals surface area contributed by atoms with Crippen LogP contribution >= 0.6 is 0 Å². The largest absolute Gasteiger partial charge is 0.519 e. The first-order valence-corrected chi connectivity index (χ1v) is 15.4. The lowest BCUT2D eigenvalue weighted by atomic mass is 10.0. The van der Waals surface area contributed by atoms with Crippen LogP contribution in [0.2, 0.25) is 18.1 Å². The zero-order valence-corrected chi connectivity index (χ0v) is 21.8. The van der Waals surface area contributed by atoms with Crippen molar-refractivity contribution in [3.05, 3.63) is 60.2 Å². The molecule has 2 aromatic rings. The maximum atomic E-state index is 13.8. The second-order valence-electron chi connectivity index (χ2n) is 8.34. The smallest absolute Gasteiger partial charge is 0.301 e. The number of benzene rings is 1. The molecule has 3 unspecified atom stereocenters. The highest BCUT2D eigenvalue weighted by Crippen LogP contribution is 2.37. The maximum absolute atomic E-state index is 13.8. The van der Waals surface area contributed by atoms with Gasteiger partial charge in [-0.1, -0.05) is 57.5 Å². The first-order valence-electron chi connectivity index (χ1n) is 11.3. The van der Waals surface area contributed by atoms with Crippen molar-refractivity contribution in [3.8, 4) is 0 Å². The van der Waals surface area contributed by atoms with Crippen LogP contribution in [0.4, 0.5) is 0 Å². The molecule has 1 aromatic heterocycles. The summed E-state index contributed by atoms with van der Waals surface area (Å²) >= 11 is 0. The number of hydrogen-bond donors (Lipinski definition) is 1. The Balaban J connectivity index is 2.65. The monoisotopic (exact) mass is 490 g/mol. The van der Waals surface area contributed by atoms with E-state index in [1.165, 1.54) is 30.7 Å². The molecule has 1 aromatic carbocycles. The zero-order chi connectivity index (χ0) is 24.6. The molecule has 0 saturated heterocycles. The average molecular weight is 491 g/mol. The molecule has 3 atom stereocenters. The number of sulfone groups is 1. The van der Waals surface area contributed by atoms with Crippen molar-refractivity contribution in [3.63, 3.8) is 0 Å². The van der Waals surface area contributed by atoms with Gasteiger partial charge in [0.1, 0.15) is 11.5 Å². The van der Waals surface area contributed by atoms with Crippen molar-refractivity contribution >= 4 is 30.4 Å². The van der Waals surface area contributed by atoms with E-state index in [9.17, 15) is 18.0 Å². The third kappa shape index (κ3) is 6.29. The summed E-state index contributed by atoms with van der Waals surface area (Å²) in [4.78, 5) is 31.9. The number of carbonyl (C=O) groups is 2. The number of hydrogen-bond acceptors (Lipinski definition) is 6. The molecule has 0 fully saturated rings. The van der Waals surface area contributed by atoms with Crippen LogP contribution in [0, 0.1) is 18.8 Å². The number of nitrogens with one attached hydrogen (secondary N) is 1. The van der Waals surface area contributed by atoms with Gasteiger partial charge in [-0.05, 0) is 37.2 Å². The number of allylic oxidation sites excluding steroid dienone is 1. The second kappa shape index (κ2) is 11.6. The number of imidazole rings is 1. The van der Waals surface area contributed by atoms with Gasteiger partial charge in [0.15, 0.2) is 9.84 Å². The van der Waals surface area contributed by atoms with E-state index in [0.29, 0.717) is 0 Å². The Kier molecular flexibility index (Phi) is 9.36. The molecule has 2 rings (SSSR count). The molecular formula is C24H34N2O5SSi. The van der Waals surface area contributed by atoms with Crippen LogP contribution in [0.25, 0.3) is 0 Å². The molecule has 7 nitrogen and oxygen atoms in total. The normalized spacial score (nSPS) is 15.2. The summed E-state index contributed by atoms with van der Waals surface area (Å²) in [5, 5.41) is -1.30. The highest BCUT2D eigenvalue weighted by molar-refractivity contribution is 7.91. The topological polar surface area (TPSA) is 106 Å². The number of aromatic amines is 1. The average Bonchev–Trinajstić information content (AvgIpc) is 3.34. The van der Waals surface area contributed by atoms with E-state index in [0.717, 1.165) is 30.0 Å². The molecule has 0 aliphatic heterocycles. The van der Waals surface area contributed by atoms with Gasteiger partial charge < -0.3 is 14.2 Å². The van der Waals surface area contributed by atoms with E-state index in [1.54, 1.807) is 25.1 Å². The minimum Gasteiger partial charge on any atom is -0.519 e. The Labute approximate surface area is 197 Å². The van der Waals surface area contributed by atoms with Crippen LogP contribution in [-0.2, 0) is 23.9 Å². The number of nitrogens with zero attached hydrogens (tertiary/aromatic N) is 1. The van der Waals surface area contributed by atoms with Crippen LogP contribution in [0.3, 0.4) is 0 Å². The third-order valence-corrected chi connectivity index (χ3v) is 12.8. The lowest BCUT2D eigenvalue weighted by molar-refractivity contribution is -0.138. The van der Waals surface area contributed by atoms with Crippen molar-refractivity contribution in [1.29, 1.82) is 0 Å². The molecule has 1 N–H and O–H groups in total. The molecule has 0 aliphatic carbocycles. The lowest BCUT2D eigenvalue weighted by Crippen LogP contribution is -2.41. The molecule has 0 radical (unpaired) electrons. The minimum absolute atomic E-state index is 0.0979. The van der Waals surface area contributed by atoms with E-state index in [1.807, 2.05) is 27.7 Å². The summed E-state index contributed by atoms with van der Waals surface area (Å²) in [5.41, 5.74) is 1.14. The quantitative estimate of drug-likeness (QED) is 0.260. The second-order valence-corrected chi connectivity index (χ2v) is 15.1. The number of aromatic nitrogens is 2. The molecule has 33 heavy (non-hydrogen) atoms. The Bertz CT molecular complexity index is 1040. The SMILES string of the molecule is CC[Si](CC)(CC)OC(=O)C(C=CC(C)C=O)C(c1c[nH]cn1)S(=O)(=O)c1ccc(C)cc1. The fraction of sp³-hybridized carbons (Fsp3) is 0.458. The van der Waals surface area contributed by atoms with Gasteiger partial charge in [-0.3, -0.25) is 4.79 Å². The molecule has 0 aliphatic rings. The Morgan fingerprint density at radius 2 is 1.73 bits per heavy atom. The van der Waals surface area contributed by atoms with Crippen LogP contribution < -0.4 is 0 Å². The van der Waals surface area contributed by atoms with Gasteiger partial charge in [0.25, 0.3) is 8.32 Å². The summed E-state index contributed by atoms with van der Waals surface area (Å²) in [5.74, 6) is -2.23. The number of aryl methyl sites for hydroxylation is 1. The molecule has 9 heteroatoms. The van der Waals surface area contributed by atoms with E-state index < -0.39 is 41.2 Å². The Hall–Kier alpha value is -2.52. The van der Waals surface area contributed by atoms with E-state index in [-0.39, 0.29) is 10.6 Å². The Morgan fingerprint density at radius 1 is 1.12 bits per heavy atom. The number of H-pyrrole nitrogens is 1. The van der Waals surface area contributed by atoms with E-state index in [2.05, 4.69) is 9.97 Å². The molecule has 1 heterocycles. The first-order chi connectivity index (χ1) is 15.6. The van der Waals surface area contributed by atoms with Gasteiger partial charge in [-0.15, -0.1) is 0 Å². The number of carbonyl (C=O) groups excluding carboxylic acids is 2. The van der Waals surface area contributed by atoms with Crippen molar-refractivity contribution in [1.82, 2.24) is 9.97 Å². The van der Waals surface area contributed by atoms with Crippen molar-refractivity contribution in [2.75, 3.05) is 0 Å². The summed E-state index contributed by atoms with van der Waals surface area (Å²) in [7, 11) is -6.38. The fourth-order valence-corrected chi connectivity index (χ4v) is 8.07. The van der Waals surface area contributed by atoms with E-state index in [4.69, 9.17) is 4.43 Å². The van der Waals surface area contributed by atoms with Crippen molar-refractivity contribution in [2.45, 2.75) is 62.9 Å². The summed E-state index contributed by atoms with van der Waals surface area (Å²) in [6.07, 6.45) is 6.65. The number of rotatable bonds is 12. The van der Waals surface area contributed by atoms with E-state index >= 15 is 0 Å². The molecule has 180 valence electrons. The number of aldehydes is 1. The minimum atomic E-state index is -4.02. The van der Waals surface area contributed by atoms with Gasteiger partial charge in [0.05, 0.1) is 22.8 Å². The standard InChI is InChI=1S/C24H34N2O5SSi/c1-6-33(7-2,8-3)31-24(28)21(14-11-19(5)16-27)23(22-15-25-17-26-22)32(29,30)20-12-9-18(4)10-13-20/h9-17,19,21,23H,6-8H2,1-5H3,(H,25,26). The van der Waals surface area contributed by atoms with Crippen LogP contribution in [0.5, 0.6) is 0 Å². The first kappa shape index (κ1) is 26.7. The summed E-state index contributed by atoms with van der Waals surface area (Å²) in [6.45, 7) is 9.54. The summed E-state index contributed by atoms with van der Waals surface area (Å²) in [6, 6.07) is 8.73. The molecule has 0 amide bonds. The molecule has 0 bridgehead atoms. The van der Waals surface area contributed by atoms with Crippen LogP contribution in [-0.4, -0.2) is 39.0 Å². The highest BCUT2D eigenvalue weighted by atomic mass is 32.2. The predicted octanol–water partition coefficient (Wildman–Crippen LogP) is 4.79. The Morgan fingerprint density at radius 3 is 2.21 bits per heavy atom. The van der Waals surface area contributed by atoms with Gasteiger partial charge >= 0.3 is 5.97 Å². The zero-order valence-electron chi connectivity index (χ0n) is 19.9. The van der Waals surface area contributed by atoms with Gasteiger partial charge in [-0.25, -0.2) is 13.4 Å².